The van der Waals surface area contributed by atoms with E-state index < -0.39 is 11.9 Å². The molecule has 0 atom stereocenters. The van der Waals surface area contributed by atoms with Crippen LogP contribution in [0, 0.1) is 0 Å². The number of pyridine rings is 1. The molecule has 0 bridgehead atoms. The fourth-order valence-corrected chi connectivity index (χ4v) is 1.84. The van der Waals surface area contributed by atoms with Crippen molar-refractivity contribution in [3.63, 3.8) is 0 Å². The van der Waals surface area contributed by atoms with Crippen LogP contribution in [0.3, 0.4) is 0 Å². The highest BCUT2D eigenvalue weighted by Gasteiger charge is 2.32. The second kappa shape index (κ2) is 5.01. The summed E-state index contributed by atoms with van der Waals surface area (Å²) in [7, 11) is 0. The maximum atomic E-state index is 12.5. The van der Waals surface area contributed by atoms with Gasteiger partial charge in [0.15, 0.2) is 0 Å². The Morgan fingerprint density at radius 3 is 2.53 bits per heavy atom. The Morgan fingerprint density at radius 1 is 1.21 bits per heavy atom. The zero-order valence-electron chi connectivity index (χ0n) is 9.41. The third kappa shape index (κ3) is 2.93. The van der Waals surface area contributed by atoms with E-state index in [9.17, 15) is 18.0 Å². The molecule has 98 valence electrons. The topological polar surface area (TPSA) is 30.0 Å². The van der Waals surface area contributed by atoms with Gasteiger partial charge >= 0.3 is 6.18 Å². The summed E-state index contributed by atoms with van der Waals surface area (Å²) in [5.41, 5.74) is 0.246. The molecule has 2 aromatic rings. The van der Waals surface area contributed by atoms with Crippen LogP contribution >= 0.6 is 11.6 Å². The van der Waals surface area contributed by atoms with Crippen molar-refractivity contribution in [1.82, 2.24) is 4.98 Å². The van der Waals surface area contributed by atoms with Crippen LogP contribution in [0.4, 0.5) is 13.2 Å². The average molecular weight is 286 g/mol. The Morgan fingerprint density at radius 2 is 1.95 bits per heavy atom. The lowest BCUT2D eigenvalue weighted by Crippen LogP contribution is -2.07. The molecule has 2 nitrogen and oxygen atoms in total. The number of alkyl halides is 3. The van der Waals surface area contributed by atoms with Crippen molar-refractivity contribution in [3.8, 4) is 11.1 Å². The van der Waals surface area contributed by atoms with Crippen LogP contribution in [0.5, 0.6) is 0 Å². The summed E-state index contributed by atoms with van der Waals surface area (Å²) in [5.74, 6) is 0. The maximum absolute atomic E-state index is 12.5. The van der Waals surface area contributed by atoms with Crippen LogP contribution in [0.2, 0.25) is 5.02 Å². The minimum atomic E-state index is -4.53. The molecular formula is C13H7ClF3NO. The monoisotopic (exact) mass is 285 g/mol. The lowest BCUT2D eigenvalue weighted by molar-refractivity contribution is -0.141. The van der Waals surface area contributed by atoms with Crippen molar-refractivity contribution < 1.29 is 18.0 Å². The number of carbonyl (C=O) groups is 1. The molecule has 6 heteroatoms. The van der Waals surface area contributed by atoms with Gasteiger partial charge in [0.25, 0.3) is 0 Å². The fraction of sp³-hybridized carbons (Fsp3) is 0.0769. The molecule has 0 spiro atoms. The fourth-order valence-electron chi connectivity index (χ4n) is 1.58. The number of nitrogens with zero attached hydrogens (tertiary/aromatic N) is 1. The number of carbonyl (C=O) groups excluding carboxylic acids is 1. The van der Waals surface area contributed by atoms with E-state index in [1.54, 1.807) is 18.2 Å². The Labute approximate surface area is 111 Å². The minimum Gasteiger partial charge on any atom is -0.298 e. The van der Waals surface area contributed by atoms with Crippen LogP contribution in [-0.2, 0) is 6.18 Å². The third-order valence-corrected chi connectivity index (χ3v) is 2.79. The molecule has 0 N–H and O–H groups in total. The van der Waals surface area contributed by atoms with E-state index in [1.807, 2.05) is 0 Å². The second-order valence-corrected chi connectivity index (χ2v) is 4.20. The molecule has 0 fully saturated rings. The van der Waals surface area contributed by atoms with Gasteiger partial charge in [-0.25, -0.2) is 0 Å². The van der Waals surface area contributed by atoms with Crippen LogP contribution in [0.25, 0.3) is 11.1 Å². The van der Waals surface area contributed by atoms with Crippen LogP contribution in [-0.4, -0.2) is 11.3 Å². The summed E-state index contributed by atoms with van der Waals surface area (Å²) >= 11 is 5.84. The molecule has 0 aliphatic rings. The predicted molar refractivity (Wildman–Crippen MR) is 65.1 cm³/mol. The lowest BCUT2D eigenvalue weighted by atomic mass is 10.0. The van der Waals surface area contributed by atoms with E-state index in [4.69, 9.17) is 11.6 Å². The predicted octanol–water partition coefficient (Wildman–Crippen LogP) is 4.23. The molecule has 1 aromatic heterocycles. The number of aromatic nitrogens is 1. The zero-order valence-corrected chi connectivity index (χ0v) is 10.2. The highest BCUT2D eigenvalue weighted by atomic mass is 35.5. The molecule has 2 rings (SSSR count). The summed E-state index contributed by atoms with van der Waals surface area (Å²) in [6.45, 7) is 0. The van der Waals surface area contributed by atoms with E-state index >= 15 is 0 Å². The van der Waals surface area contributed by atoms with Gasteiger partial charge in [0.2, 0.25) is 0 Å². The molecule has 0 aliphatic carbocycles. The van der Waals surface area contributed by atoms with E-state index in [-0.39, 0.29) is 5.02 Å². The van der Waals surface area contributed by atoms with E-state index in [0.29, 0.717) is 23.0 Å². The SMILES string of the molecule is O=Cc1cccc(-c2cnc(C(F)(F)F)cc2Cl)c1. The standard InChI is InChI=1S/C13H7ClF3NO/c14-11-5-12(13(15,16)17)18-6-10(11)9-3-1-2-8(4-9)7-19/h1-7H. The summed E-state index contributed by atoms with van der Waals surface area (Å²) in [6.07, 6.45) is -2.84. The van der Waals surface area contributed by atoms with Crippen molar-refractivity contribution in [3.05, 3.63) is 52.8 Å². The highest BCUT2D eigenvalue weighted by Crippen LogP contribution is 2.33. The maximum Gasteiger partial charge on any atom is 0.433 e. The molecule has 0 saturated heterocycles. The van der Waals surface area contributed by atoms with Crippen molar-refractivity contribution in [2.45, 2.75) is 6.18 Å². The Balaban J connectivity index is 2.49. The number of benzene rings is 1. The van der Waals surface area contributed by atoms with Crippen molar-refractivity contribution in [2.75, 3.05) is 0 Å². The van der Waals surface area contributed by atoms with Gasteiger partial charge in [0.1, 0.15) is 12.0 Å². The first-order chi connectivity index (χ1) is 8.91. The molecule has 0 radical (unpaired) electrons. The first-order valence-corrected chi connectivity index (χ1v) is 5.58. The van der Waals surface area contributed by atoms with E-state index in [1.165, 1.54) is 6.07 Å². The molecule has 0 aliphatic heterocycles. The van der Waals surface area contributed by atoms with Crippen molar-refractivity contribution in [2.24, 2.45) is 0 Å². The minimum absolute atomic E-state index is 0.0645. The second-order valence-electron chi connectivity index (χ2n) is 3.79. The first-order valence-electron chi connectivity index (χ1n) is 5.20. The third-order valence-electron chi connectivity index (χ3n) is 2.48. The molecule has 0 amide bonds. The Bertz CT molecular complexity index is 626. The average Bonchev–Trinajstić information content (AvgIpc) is 2.37. The van der Waals surface area contributed by atoms with Gasteiger partial charge in [0, 0.05) is 17.3 Å². The number of aldehydes is 1. The summed E-state index contributed by atoms with van der Waals surface area (Å²) in [6, 6.07) is 7.14. The smallest absolute Gasteiger partial charge is 0.298 e. The van der Waals surface area contributed by atoms with Crippen LogP contribution in [0.15, 0.2) is 36.5 Å². The van der Waals surface area contributed by atoms with Gasteiger partial charge in [-0.1, -0.05) is 29.8 Å². The molecule has 1 heterocycles. The molecule has 1 aromatic carbocycles. The number of rotatable bonds is 2. The van der Waals surface area contributed by atoms with Gasteiger partial charge in [-0.3, -0.25) is 9.78 Å². The Kier molecular flexibility index (Phi) is 3.57. The van der Waals surface area contributed by atoms with Gasteiger partial charge in [-0.15, -0.1) is 0 Å². The van der Waals surface area contributed by atoms with Crippen LogP contribution in [0.1, 0.15) is 16.1 Å². The summed E-state index contributed by atoms with van der Waals surface area (Å²) in [5, 5.41) is -0.0645. The Hall–Kier alpha value is -1.88. The summed E-state index contributed by atoms with van der Waals surface area (Å²) < 4.78 is 37.4. The quantitative estimate of drug-likeness (QED) is 0.773. The molecule has 19 heavy (non-hydrogen) atoms. The summed E-state index contributed by atoms with van der Waals surface area (Å²) in [4.78, 5) is 14.0. The van der Waals surface area contributed by atoms with Gasteiger partial charge in [-0.05, 0) is 17.7 Å². The molecule has 0 unspecified atom stereocenters. The highest BCUT2D eigenvalue weighted by molar-refractivity contribution is 6.33. The normalized spacial score (nSPS) is 11.4. The van der Waals surface area contributed by atoms with E-state index in [2.05, 4.69) is 4.98 Å². The zero-order chi connectivity index (χ0) is 14.0. The first kappa shape index (κ1) is 13.5. The van der Waals surface area contributed by atoms with Gasteiger partial charge in [0.05, 0.1) is 5.02 Å². The molecule has 0 saturated carbocycles. The van der Waals surface area contributed by atoms with Crippen molar-refractivity contribution >= 4 is 17.9 Å². The van der Waals surface area contributed by atoms with E-state index in [0.717, 1.165) is 12.3 Å². The molecular weight excluding hydrogens is 279 g/mol. The number of hydrogen-bond donors (Lipinski definition) is 0. The largest absolute Gasteiger partial charge is 0.433 e. The van der Waals surface area contributed by atoms with Crippen molar-refractivity contribution in [1.29, 1.82) is 0 Å². The number of hydrogen-bond acceptors (Lipinski definition) is 2. The van der Waals surface area contributed by atoms with Crippen LogP contribution < -0.4 is 0 Å². The lowest BCUT2D eigenvalue weighted by Gasteiger charge is -2.09. The van der Waals surface area contributed by atoms with Gasteiger partial charge < -0.3 is 0 Å². The van der Waals surface area contributed by atoms with Gasteiger partial charge in [-0.2, -0.15) is 13.2 Å². The number of halogens is 4.